The summed E-state index contributed by atoms with van der Waals surface area (Å²) in [5, 5.41) is 3.37. The lowest BCUT2D eigenvalue weighted by atomic mass is 9.80. The maximum Gasteiger partial charge on any atom is 0.134 e. The summed E-state index contributed by atoms with van der Waals surface area (Å²) >= 11 is 0. The van der Waals surface area contributed by atoms with Crippen molar-refractivity contribution in [3.05, 3.63) is 47.7 Å². The molecule has 1 heterocycles. The third kappa shape index (κ3) is 2.96. The normalized spacial score (nSPS) is 15.6. The van der Waals surface area contributed by atoms with Gasteiger partial charge in [-0.1, -0.05) is 44.5 Å². The Labute approximate surface area is 121 Å². The van der Waals surface area contributed by atoms with Crippen molar-refractivity contribution in [1.29, 1.82) is 0 Å². The summed E-state index contributed by atoms with van der Waals surface area (Å²) in [6, 6.07) is 13.5. The molecule has 0 spiro atoms. The molecule has 1 aliphatic carbocycles. The Bertz CT molecular complexity index is 549. The third-order valence-corrected chi connectivity index (χ3v) is 4.12. The van der Waals surface area contributed by atoms with Gasteiger partial charge in [-0.3, -0.25) is 0 Å². The van der Waals surface area contributed by atoms with Crippen LogP contribution in [0.3, 0.4) is 0 Å². The van der Waals surface area contributed by atoms with E-state index in [1.165, 1.54) is 30.4 Å². The maximum atomic E-state index is 5.90. The summed E-state index contributed by atoms with van der Waals surface area (Å²) in [6.07, 6.45) is 4.09. The van der Waals surface area contributed by atoms with Crippen molar-refractivity contribution in [2.75, 3.05) is 0 Å². The van der Waals surface area contributed by atoms with Gasteiger partial charge >= 0.3 is 0 Å². The Kier molecular flexibility index (Phi) is 3.93. The lowest BCUT2D eigenvalue weighted by Gasteiger charge is -2.25. The smallest absolute Gasteiger partial charge is 0.134 e. The van der Waals surface area contributed by atoms with E-state index in [0.717, 1.165) is 24.0 Å². The van der Waals surface area contributed by atoms with E-state index in [1.807, 2.05) is 0 Å². The molecule has 0 saturated heterocycles. The summed E-state index contributed by atoms with van der Waals surface area (Å²) in [6.45, 7) is 5.07. The molecule has 3 rings (SSSR count). The monoisotopic (exact) mass is 269 g/mol. The molecule has 2 aromatic rings. The summed E-state index contributed by atoms with van der Waals surface area (Å²) in [5.74, 6) is 2.76. The van der Waals surface area contributed by atoms with Crippen molar-refractivity contribution >= 4 is 0 Å². The molecule has 0 bridgehead atoms. The molecule has 0 atom stereocenters. The van der Waals surface area contributed by atoms with E-state index in [4.69, 9.17) is 4.42 Å². The van der Waals surface area contributed by atoms with Gasteiger partial charge in [-0.15, -0.1) is 0 Å². The van der Waals surface area contributed by atoms with E-state index in [-0.39, 0.29) is 0 Å². The predicted molar refractivity (Wildman–Crippen MR) is 82.7 cm³/mol. The number of hydrogen-bond donors (Lipinski definition) is 1. The number of nitrogens with one attached hydrogen (secondary N) is 1. The van der Waals surface area contributed by atoms with Crippen molar-refractivity contribution in [3.63, 3.8) is 0 Å². The molecule has 2 heteroatoms. The lowest BCUT2D eigenvalue weighted by molar-refractivity contribution is 0.420. The first-order valence-electron chi connectivity index (χ1n) is 7.65. The van der Waals surface area contributed by atoms with Gasteiger partial charge < -0.3 is 9.73 Å². The van der Waals surface area contributed by atoms with Gasteiger partial charge in [0.05, 0.1) is 6.54 Å². The third-order valence-electron chi connectivity index (χ3n) is 4.12. The molecule has 2 nitrogen and oxygen atoms in total. The molecule has 1 fully saturated rings. The molecule has 106 valence electrons. The average molecular weight is 269 g/mol. The first kappa shape index (κ1) is 13.4. The van der Waals surface area contributed by atoms with Gasteiger partial charge in [0.1, 0.15) is 11.5 Å². The summed E-state index contributed by atoms with van der Waals surface area (Å²) in [4.78, 5) is 0. The van der Waals surface area contributed by atoms with Crippen LogP contribution in [0.5, 0.6) is 0 Å². The van der Waals surface area contributed by atoms with Gasteiger partial charge in [-0.2, -0.15) is 0 Å². The molecule has 0 aliphatic heterocycles. The standard InChI is InChI=1S/C18H23NO/c1-13(2)19-12-17-10-11-18(20-17)16-8-6-15(7-9-16)14-4-3-5-14/h6-11,13-14,19H,3-5,12H2,1-2H3. The fourth-order valence-corrected chi connectivity index (χ4v) is 2.59. The number of benzene rings is 1. The van der Waals surface area contributed by atoms with Crippen molar-refractivity contribution in [3.8, 4) is 11.3 Å². The minimum absolute atomic E-state index is 0.477. The second-order valence-corrected chi connectivity index (χ2v) is 6.05. The fourth-order valence-electron chi connectivity index (χ4n) is 2.59. The van der Waals surface area contributed by atoms with Gasteiger partial charge in [0, 0.05) is 11.6 Å². The zero-order valence-electron chi connectivity index (χ0n) is 12.4. The second-order valence-electron chi connectivity index (χ2n) is 6.05. The zero-order valence-corrected chi connectivity index (χ0v) is 12.4. The van der Waals surface area contributed by atoms with Gasteiger partial charge in [0.2, 0.25) is 0 Å². The van der Waals surface area contributed by atoms with Gasteiger partial charge in [-0.25, -0.2) is 0 Å². The van der Waals surface area contributed by atoms with E-state index < -0.39 is 0 Å². The maximum absolute atomic E-state index is 5.90. The van der Waals surface area contributed by atoms with E-state index in [9.17, 15) is 0 Å². The average Bonchev–Trinajstić information content (AvgIpc) is 2.84. The summed E-state index contributed by atoms with van der Waals surface area (Å²) in [5.41, 5.74) is 2.65. The molecule has 1 N–H and O–H groups in total. The van der Waals surface area contributed by atoms with Crippen molar-refractivity contribution < 1.29 is 4.42 Å². The van der Waals surface area contributed by atoms with Crippen LogP contribution in [0, 0.1) is 0 Å². The fraction of sp³-hybridized carbons (Fsp3) is 0.444. The molecule has 1 aliphatic rings. The van der Waals surface area contributed by atoms with Crippen LogP contribution in [-0.4, -0.2) is 6.04 Å². The molecule has 1 saturated carbocycles. The Hall–Kier alpha value is -1.54. The lowest BCUT2D eigenvalue weighted by Crippen LogP contribution is -2.21. The van der Waals surface area contributed by atoms with Crippen LogP contribution >= 0.6 is 0 Å². The van der Waals surface area contributed by atoms with Gasteiger partial charge in [0.15, 0.2) is 0 Å². The van der Waals surface area contributed by atoms with Crippen LogP contribution in [0.2, 0.25) is 0 Å². The van der Waals surface area contributed by atoms with Gasteiger partial charge in [-0.05, 0) is 36.5 Å². The molecular formula is C18H23NO. The number of rotatable bonds is 5. The Morgan fingerprint density at radius 2 is 1.85 bits per heavy atom. The van der Waals surface area contributed by atoms with Crippen molar-refractivity contribution in [2.24, 2.45) is 0 Å². The Balaban J connectivity index is 1.69. The minimum Gasteiger partial charge on any atom is -0.460 e. The van der Waals surface area contributed by atoms with E-state index in [0.29, 0.717) is 6.04 Å². The highest BCUT2D eigenvalue weighted by Crippen LogP contribution is 2.37. The SMILES string of the molecule is CC(C)NCc1ccc(-c2ccc(C3CCC3)cc2)o1. The number of furan rings is 1. The highest BCUT2D eigenvalue weighted by Gasteiger charge is 2.19. The first-order chi connectivity index (χ1) is 9.72. The van der Waals surface area contributed by atoms with Crippen LogP contribution in [0.15, 0.2) is 40.8 Å². The summed E-state index contributed by atoms with van der Waals surface area (Å²) in [7, 11) is 0. The van der Waals surface area contributed by atoms with Crippen molar-refractivity contribution in [1.82, 2.24) is 5.32 Å². The van der Waals surface area contributed by atoms with Crippen LogP contribution in [0.25, 0.3) is 11.3 Å². The predicted octanol–water partition coefficient (Wildman–Crippen LogP) is 4.71. The minimum atomic E-state index is 0.477. The van der Waals surface area contributed by atoms with E-state index in [2.05, 4.69) is 55.6 Å². The largest absolute Gasteiger partial charge is 0.460 e. The van der Waals surface area contributed by atoms with Crippen molar-refractivity contribution in [2.45, 2.75) is 51.6 Å². The highest BCUT2D eigenvalue weighted by molar-refractivity contribution is 5.58. The molecule has 0 amide bonds. The van der Waals surface area contributed by atoms with Crippen LogP contribution in [-0.2, 0) is 6.54 Å². The Morgan fingerprint density at radius 1 is 1.10 bits per heavy atom. The highest BCUT2D eigenvalue weighted by atomic mass is 16.3. The van der Waals surface area contributed by atoms with Crippen LogP contribution < -0.4 is 5.32 Å². The second kappa shape index (κ2) is 5.84. The van der Waals surface area contributed by atoms with Gasteiger partial charge in [0.25, 0.3) is 0 Å². The van der Waals surface area contributed by atoms with E-state index >= 15 is 0 Å². The molecule has 0 unspecified atom stereocenters. The number of hydrogen-bond acceptors (Lipinski definition) is 2. The molecule has 0 radical (unpaired) electrons. The molecule has 20 heavy (non-hydrogen) atoms. The molecular weight excluding hydrogens is 246 g/mol. The summed E-state index contributed by atoms with van der Waals surface area (Å²) < 4.78 is 5.90. The topological polar surface area (TPSA) is 25.2 Å². The van der Waals surface area contributed by atoms with Crippen LogP contribution in [0.1, 0.15) is 50.4 Å². The quantitative estimate of drug-likeness (QED) is 0.850. The van der Waals surface area contributed by atoms with E-state index in [1.54, 1.807) is 0 Å². The van der Waals surface area contributed by atoms with Crippen LogP contribution in [0.4, 0.5) is 0 Å². The molecule has 1 aromatic heterocycles. The zero-order chi connectivity index (χ0) is 13.9. The first-order valence-corrected chi connectivity index (χ1v) is 7.65. The Morgan fingerprint density at radius 3 is 2.45 bits per heavy atom. The molecule has 1 aromatic carbocycles.